The molecule has 0 spiro atoms. The molecule has 2 heterocycles. The van der Waals surface area contributed by atoms with E-state index in [0.717, 1.165) is 5.92 Å². The van der Waals surface area contributed by atoms with E-state index in [0.29, 0.717) is 0 Å². The highest BCUT2D eigenvalue weighted by Gasteiger charge is 2.16. The second-order valence-corrected chi connectivity index (χ2v) is 5.83. The van der Waals surface area contributed by atoms with Crippen LogP contribution in [0.25, 0.3) is 0 Å². The second kappa shape index (κ2) is 7.34. The predicted octanol–water partition coefficient (Wildman–Crippen LogP) is 1.40. The van der Waals surface area contributed by atoms with Crippen molar-refractivity contribution >= 4 is 0 Å². The Hall–Kier alpha value is -0.120. The van der Waals surface area contributed by atoms with Gasteiger partial charge >= 0.3 is 0 Å². The molecule has 2 aliphatic rings. The maximum absolute atomic E-state index is 3.62. The average molecular weight is 239 g/mol. The van der Waals surface area contributed by atoms with Crippen molar-refractivity contribution in [1.29, 1.82) is 0 Å². The minimum Gasteiger partial charge on any atom is -0.315 e. The van der Waals surface area contributed by atoms with Crippen LogP contribution in [0.4, 0.5) is 0 Å². The molecule has 2 rings (SSSR count). The zero-order valence-corrected chi connectivity index (χ0v) is 11.5. The van der Waals surface area contributed by atoms with Crippen molar-refractivity contribution in [2.75, 3.05) is 52.9 Å². The van der Waals surface area contributed by atoms with Crippen LogP contribution in [0.2, 0.25) is 0 Å². The van der Waals surface area contributed by atoms with Gasteiger partial charge < -0.3 is 15.1 Å². The van der Waals surface area contributed by atoms with E-state index >= 15 is 0 Å². The summed E-state index contributed by atoms with van der Waals surface area (Å²) in [5, 5.41) is 3.62. The van der Waals surface area contributed by atoms with Crippen LogP contribution in [0.5, 0.6) is 0 Å². The molecule has 0 amide bonds. The minimum atomic E-state index is 0.977. The lowest BCUT2D eigenvalue weighted by atomic mass is 9.94. The van der Waals surface area contributed by atoms with Crippen LogP contribution < -0.4 is 5.32 Å². The van der Waals surface area contributed by atoms with Gasteiger partial charge in [-0.2, -0.15) is 0 Å². The molecule has 3 nitrogen and oxygen atoms in total. The smallest absolute Gasteiger partial charge is 0.0107 e. The molecule has 0 radical (unpaired) electrons. The predicted molar refractivity (Wildman–Crippen MR) is 73.4 cm³/mol. The lowest BCUT2D eigenvalue weighted by molar-refractivity contribution is 0.211. The fourth-order valence-electron chi connectivity index (χ4n) is 3.03. The first-order chi connectivity index (χ1) is 8.34. The van der Waals surface area contributed by atoms with Crippen molar-refractivity contribution in [1.82, 2.24) is 15.1 Å². The molecular weight excluding hydrogens is 210 g/mol. The third-order valence-corrected chi connectivity index (χ3v) is 4.37. The SMILES string of the molecule is CN1CCC(CCNCCN2CCCC2)CC1. The topological polar surface area (TPSA) is 18.5 Å². The third kappa shape index (κ3) is 4.94. The van der Waals surface area contributed by atoms with Crippen LogP contribution in [-0.4, -0.2) is 62.7 Å². The monoisotopic (exact) mass is 239 g/mol. The maximum Gasteiger partial charge on any atom is 0.0107 e. The molecule has 2 saturated heterocycles. The maximum atomic E-state index is 3.62. The van der Waals surface area contributed by atoms with Crippen LogP contribution in [-0.2, 0) is 0 Å². The summed E-state index contributed by atoms with van der Waals surface area (Å²) < 4.78 is 0. The Bertz CT molecular complexity index is 194. The molecule has 0 bridgehead atoms. The zero-order chi connectivity index (χ0) is 11.9. The highest BCUT2D eigenvalue weighted by atomic mass is 15.1. The number of nitrogens with one attached hydrogen (secondary N) is 1. The lowest BCUT2D eigenvalue weighted by Crippen LogP contribution is -2.33. The fraction of sp³-hybridized carbons (Fsp3) is 1.00. The van der Waals surface area contributed by atoms with Gasteiger partial charge in [-0.3, -0.25) is 0 Å². The molecule has 100 valence electrons. The fourth-order valence-corrected chi connectivity index (χ4v) is 3.03. The van der Waals surface area contributed by atoms with E-state index < -0.39 is 0 Å². The van der Waals surface area contributed by atoms with Gasteiger partial charge in [0.2, 0.25) is 0 Å². The highest BCUT2D eigenvalue weighted by molar-refractivity contribution is 4.71. The summed E-state index contributed by atoms with van der Waals surface area (Å²) in [6.45, 7) is 8.94. The van der Waals surface area contributed by atoms with Crippen molar-refractivity contribution in [3.05, 3.63) is 0 Å². The van der Waals surface area contributed by atoms with Crippen molar-refractivity contribution in [2.24, 2.45) is 5.92 Å². The lowest BCUT2D eigenvalue weighted by Gasteiger charge is -2.29. The van der Waals surface area contributed by atoms with Crippen LogP contribution >= 0.6 is 0 Å². The van der Waals surface area contributed by atoms with Gasteiger partial charge in [0.15, 0.2) is 0 Å². The molecule has 0 aliphatic carbocycles. The van der Waals surface area contributed by atoms with Gasteiger partial charge in [-0.25, -0.2) is 0 Å². The first kappa shape index (κ1) is 13.3. The standard InChI is InChI=1S/C14H29N3/c1-16-11-5-14(6-12-16)4-7-15-8-13-17-9-2-3-10-17/h14-15H,2-13H2,1H3. The van der Waals surface area contributed by atoms with E-state index in [1.807, 2.05) is 0 Å². The van der Waals surface area contributed by atoms with E-state index in [1.165, 1.54) is 77.9 Å². The number of hydrogen-bond donors (Lipinski definition) is 1. The molecule has 0 unspecified atom stereocenters. The molecule has 0 atom stereocenters. The van der Waals surface area contributed by atoms with Crippen LogP contribution in [0, 0.1) is 5.92 Å². The Labute approximate surface area is 107 Å². The van der Waals surface area contributed by atoms with Crippen molar-refractivity contribution in [3.63, 3.8) is 0 Å². The van der Waals surface area contributed by atoms with E-state index in [4.69, 9.17) is 0 Å². The second-order valence-electron chi connectivity index (χ2n) is 5.83. The van der Waals surface area contributed by atoms with Gasteiger partial charge in [0.1, 0.15) is 0 Å². The molecule has 2 aliphatic heterocycles. The Morgan fingerprint density at radius 3 is 2.41 bits per heavy atom. The van der Waals surface area contributed by atoms with E-state index in [2.05, 4.69) is 22.2 Å². The third-order valence-electron chi connectivity index (χ3n) is 4.37. The van der Waals surface area contributed by atoms with Gasteiger partial charge in [-0.1, -0.05) is 0 Å². The number of rotatable bonds is 6. The van der Waals surface area contributed by atoms with E-state index in [9.17, 15) is 0 Å². The average Bonchev–Trinajstić information content (AvgIpc) is 2.84. The molecular formula is C14H29N3. The molecule has 3 heteroatoms. The normalized spacial score (nSPS) is 24.5. The molecule has 0 aromatic rings. The number of piperidine rings is 1. The van der Waals surface area contributed by atoms with Crippen LogP contribution in [0.3, 0.4) is 0 Å². The van der Waals surface area contributed by atoms with Crippen molar-refractivity contribution in [3.8, 4) is 0 Å². The summed E-state index contributed by atoms with van der Waals surface area (Å²) in [6, 6.07) is 0. The summed E-state index contributed by atoms with van der Waals surface area (Å²) in [7, 11) is 2.24. The number of nitrogens with zero attached hydrogens (tertiary/aromatic N) is 2. The van der Waals surface area contributed by atoms with Crippen molar-refractivity contribution in [2.45, 2.75) is 32.1 Å². The zero-order valence-electron chi connectivity index (χ0n) is 11.5. The molecule has 2 fully saturated rings. The van der Waals surface area contributed by atoms with Crippen LogP contribution in [0.1, 0.15) is 32.1 Å². The largest absolute Gasteiger partial charge is 0.315 e. The summed E-state index contributed by atoms with van der Waals surface area (Å²) in [6.07, 6.45) is 7.02. The molecule has 0 saturated carbocycles. The minimum absolute atomic E-state index is 0.977. The van der Waals surface area contributed by atoms with Gasteiger partial charge in [0, 0.05) is 13.1 Å². The number of hydrogen-bond acceptors (Lipinski definition) is 3. The molecule has 17 heavy (non-hydrogen) atoms. The van der Waals surface area contributed by atoms with E-state index in [1.54, 1.807) is 0 Å². The van der Waals surface area contributed by atoms with Gasteiger partial charge in [-0.05, 0) is 77.8 Å². The summed E-state index contributed by atoms with van der Waals surface area (Å²) >= 11 is 0. The Morgan fingerprint density at radius 1 is 1.00 bits per heavy atom. The Kier molecular flexibility index (Phi) is 5.75. The molecule has 0 aromatic carbocycles. The first-order valence-corrected chi connectivity index (χ1v) is 7.46. The van der Waals surface area contributed by atoms with Gasteiger partial charge in [-0.15, -0.1) is 0 Å². The quantitative estimate of drug-likeness (QED) is 0.707. The van der Waals surface area contributed by atoms with E-state index in [-0.39, 0.29) is 0 Å². The summed E-state index contributed by atoms with van der Waals surface area (Å²) in [4.78, 5) is 5.04. The molecule has 0 aromatic heterocycles. The Morgan fingerprint density at radius 2 is 1.71 bits per heavy atom. The summed E-state index contributed by atoms with van der Waals surface area (Å²) in [5.41, 5.74) is 0. The van der Waals surface area contributed by atoms with Gasteiger partial charge in [0.05, 0.1) is 0 Å². The highest BCUT2D eigenvalue weighted by Crippen LogP contribution is 2.18. The Balaban J connectivity index is 1.43. The van der Waals surface area contributed by atoms with Crippen molar-refractivity contribution < 1.29 is 0 Å². The summed E-state index contributed by atoms with van der Waals surface area (Å²) in [5.74, 6) is 0.977. The van der Waals surface area contributed by atoms with Crippen LogP contribution in [0.15, 0.2) is 0 Å². The van der Waals surface area contributed by atoms with Gasteiger partial charge in [0.25, 0.3) is 0 Å². The molecule has 1 N–H and O–H groups in total. The first-order valence-electron chi connectivity index (χ1n) is 7.46. The number of likely N-dealkylation sites (tertiary alicyclic amines) is 2.